The lowest BCUT2D eigenvalue weighted by atomic mass is 9.88. The standard InChI is InChI=1S/C14H20N2O5/c1-8(16(17)18)12-11-9(4-5-15(12)2)6-10-13(14(11)19-3)21-7-20-10/h6,8,12,16-17H,4-5,7H2,1-3H3. The highest BCUT2D eigenvalue weighted by Crippen LogP contribution is 2.49. The molecule has 116 valence electrons. The molecule has 3 unspecified atom stereocenters. The van der Waals surface area contributed by atoms with E-state index in [-0.39, 0.29) is 12.8 Å². The smallest absolute Gasteiger partial charge is 0.231 e. The van der Waals surface area contributed by atoms with E-state index >= 15 is 0 Å². The maximum atomic E-state index is 11.5. The summed E-state index contributed by atoms with van der Waals surface area (Å²) in [6.45, 7) is 2.70. The zero-order chi connectivity index (χ0) is 15.1. The first-order valence-corrected chi connectivity index (χ1v) is 6.97. The molecule has 7 heteroatoms. The molecule has 2 N–H and O–H groups in total. The van der Waals surface area contributed by atoms with Crippen molar-refractivity contribution in [2.45, 2.75) is 25.4 Å². The molecular formula is C14H20N2O5. The van der Waals surface area contributed by atoms with Crippen molar-refractivity contribution < 1.29 is 24.6 Å². The number of nitrogens with zero attached hydrogens (tertiary/aromatic N) is 1. The van der Waals surface area contributed by atoms with Crippen LogP contribution >= 0.6 is 0 Å². The SMILES string of the molecule is COc1c2c(cc3c1C(C(C)[NH+]([O-])O)N(C)CC3)OCO2. The molecule has 2 aliphatic rings. The van der Waals surface area contributed by atoms with E-state index < -0.39 is 11.3 Å². The van der Waals surface area contributed by atoms with Gasteiger partial charge in [0, 0.05) is 12.1 Å². The van der Waals surface area contributed by atoms with E-state index in [9.17, 15) is 10.4 Å². The highest BCUT2D eigenvalue weighted by molar-refractivity contribution is 5.62. The van der Waals surface area contributed by atoms with Crippen LogP contribution in [0.1, 0.15) is 24.1 Å². The van der Waals surface area contributed by atoms with Gasteiger partial charge in [0.25, 0.3) is 0 Å². The van der Waals surface area contributed by atoms with E-state index in [4.69, 9.17) is 14.2 Å². The van der Waals surface area contributed by atoms with Gasteiger partial charge in [-0.2, -0.15) is 0 Å². The van der Waals surface area contributed by atoms with Crippen molar-refractivity contribution in [3.63, 3.8) is 0 Å². The summed E-state index contributed by atoms with van der Waals surface area (Å²) in [5.41, 5.74) is 1.98. The Morgan fingerprint density at radius 1 is 1.52 bits per heavy atom. The molecule has 0 aliphatic carbocycles. The summed E-state index contributed by atoms with van der Waals surface area (Å²) in [7, 11) is 3.52. The Bertz CT molecular complexity index is 549. The van der Waals surface area contributed by atoms with Gasteiger partial charge in [0.2, 0.25) is 12.5 Å². The molecule has 7 nitrogen and oxygen atoms in total. The third-order valence-electron chi connectivity index (χ3n) is 4.32. The second kappa shape index (κ2) is 5.34. The first-order chi connectivity index (χ1) is 10.0. The number of hydrogen-bond acceptors (Lipinski definition) is 6. The van der Waals surface area contributed by atoms with Gasteiger partial charge in [0.15, 0.2) is 11.5 Å². The van der Waals surface area contributed by atoms with Gasteiger partial charge in [-0.1, -0.05) is 0 Å². The van der Waals surface area contributed by atoms with Crippen molar-refractivity contribution >= 4 is 0 Å². The van der Waals surface area contributed by atoms with Crippen LogP contribution in [0.4, 0.5) is 0 Å². The molecule has 21 heavy (non-hydrogen) atoms. The number of benzene rings is 1. The maximum Gasteiger partial charge on any atom is 0.231 e. The van der Waals surface area contributed by atoms with E-state index in [1.807, 2.05) is 13.1 Å². The number of ether oxygens (including phenoxy) is 3. The lowest BCUT2D eigenvalue weighted by Crippen LogP contribution is -3.09. The molecule has 0 aromatic heterocycles. The quantitative estimate of drug-likeness (QED) is 0.771. The number of nitrogens with one attached hydrogen (secondary N) is 1. The number of methoxy groups -OCH3 is 1. The Hall–Kier alpha value is -1.54. The maximum absolute atomic E-state index is 11.5. The summed E-state index contributed by atoms with van der Waals surface area (Å²) in [5.74, 6) is 1.86. The average Bonchev–Trinajstić information content (AvgIpc) is 2.92. The summed E-state index contributed by atoms with van der Waals surface area (Å²) in [6.07, 6.45) is 0.835. The molecule has 0 fully saturated rings. The Morgan fingerprint density at radius 3 is 2.95 bits per heavy atom. The summed E-state index contributed by atoms with van der Waals surface area (Å²) >= 11 is 0. The zero-order valence-electron chi connectivity index (χ0n) is 12.4. The topological polar surface area (TPSA) is 78.7 Å². The van der Waals surface area contributed by atoms with Crippen molar-refractivity contribution in [3.8, 4) is 17.2 Å². The number of hydrogen-bond donors (Lipinski definition) is 2. The highest BCUT2D eigenvalue weighted by atomic mass is 16.8. The predicted octanol–water partition coefficient (Wildman–Crippen LogP) is 0.113. The minimum atomic E-state index is -0.820. The molecule has 0 spiro atoms. The number of quaternary nitrogens is 1. The summed E-state index contributed by atoms with van der Waals surface area (Å²) in [6, 6.07) is 1.17. The highest BCUT2D eigenvalue weighted by Gasteiger charge is 2.38. The first-order valence-electron chi connectivity index (χ1n) is 6.97. The Labute approximate surface area is 123 Å². The molecule has 0 saturated carbocycles. The Balaban J connectivity index is 2.16. The van der Waals surface area contributed by atoms with Crippen LogP contribution < -0.4 is 19.4 Å². The van der Waals surface area contributed by atoms with Gasteiger partial charge >= 0.3 is 0 Å². The average molecular weight is 296 g/mol. The molecule has 1 aromatic carbocycles. The van der Waals surface area contributed by atoms with E-state index in [1.165, 1.54) is 0 Å². The monoisotopic (exact) mass is 296 g/mol. The molecular weight excluding hydrogens is 276 g/mol. The minimum absolute atomic E-state index is 0.170. The van der Waals surface area contributed by atoms with Crippen molar-refractivity contribution in [1.29, 1.82) is 0 Å². The van der Waals surface area contributed by atoms with Gasteiger partial charge < -0.3 is 19.4 Å². The third-order valence-corrected chi connectivity index (χ3v) is 4.32. The van der Waals surface area contributed by atoms with E-state index in [0.717, 1.165) is 24.1 Å². The van der Waals surface area contributed by atoms with E-state index in [0.29, 0.717) is 17.2 Å². The fraction of sp³-hybridized carbons (Fsp3) is 0.571. The van der Waals surface area contributed by atoms with Gasteiger partial charge in [-0.05, 0) is 32.0 Å². The number of likely N-dealkylation sites (N-methyl/N-ethyl adjacent to an activating group) is 1. The molecule has 0 saturated heterocycles. The molecule has 0 bridgehead atoms. The van der Waals surface area contributed by atoms with Crippen LogP contribution in [-0.2, 0) is 6.42 Å². The second-order valence-electron chi connectivity index (χ2n) is 5.52. The van der Waals surface area contributed by atoms with Gasteiger partial charge in [-0.3, -0.25) is 4.90 Å². The summed E-state index contributed by atoms with van der Waals surface area (Å²) in [5, 5.41) is 20.1. The normalized spacial score (nSPS) is 23.6. The van der Waals surface area contributed by atoms with Crippen molar-refractivity contribution in [1.82, 2.24) is 4.90 Å². The number of rotatable bonds is 3. The van der Waals surface area contributed by atoms with Gasteiger partial charge in [0.05, 0.1) is 13.2 Å². The minimum Gasteiger partial charge on any atom is -0.600 e. The largest absolute Gasteiger partial charge is 0.600 e. The molecule has 0 radical (unpaired) electrons. The number of fused-ring (bicyclic) bond motifs is 2. The van der Waals surface area contributed by atoms with Crippen LogP contribution in [0.3, 0.4) is 0 Å². The lowest BCUT2D eigenvalue weighted by molar-refractivity contribution is -1.07. The van der Waals surface area contributed by atoms with Crippen LogP contribution in [0.5, 0.6) is 17.2 Å². The molecule has 1 aromatic rings. The van der Waals surface area contributed by atoms with E-state index in [2.05, 4.69) is 4.90 Å². The van der Waals surface area contributed by atoms with Gasteiger partial charge in [-0.15, -0.1) is 0 Å². The fourth-order valence-corrected chi connectivity index (χ4v) is 3.23. The lowest BCUT2D eigenvalue weighted by Gasteiger charge is -2.39. The van der Waals surface area contributed by atoms with Crippen LogP contribution in [0, 0.1) is 5.21 Å². The number of hydroxylamine groups is 2. The zero-order valence-corrected chi connectivity index (χ0v) is 12.4. The van der Waals surface area contributed by atoms with Crippen molar-refractivity contribution in [2.24, 2.45) is 0 Å². The molecule has 3 rings (SSSR count). The summed E-state index contributed by atoms with van der Waals surface area (Å²) < 4.78 is 16.5. The summed E-state index contributed by atoms with van der Waals surface area (Å²) in [4.78, 5) is 2.06. The molecule has 2 aliphatic heterocycles. The molecule has 2 heterocycles. The third kappa shape index (κ3) is 2.22. The second-order valence-corrected chi connectivity index (χ2v) is 5.52. The van der Waals surface area contributed by atoms with Crippen LogP contribution in [0.2, 0.25) is 0 Å². The van der Waals surface area contributed by atoms with Gasteiger partial charge in [0.1, 0.15) is 6.04 Å². The Kier molecular flexibility index (Phi) is 3.66. The van der Waals surface area contributed by atoms with Crippen molar-refractivity contribution in [3.05, 3.63) is 22.4 Å². The predicted molar refractivity (Wildman–Crippen MR) is 73.8 cm³/mol. The van der Waals surface area contributed by atoms with E-state index in [1.54, 1.807) is 14.0 Å². The van der Waals surface area contributed by atoms with Crippen LogP contribution in [-0.4, -0.2) is 43.6 Å². The fourth-order valence-electron chi connectivity index (χ4n) is 3.23. The van der Waals surface area contributed by atoms with Gasteiger partial charge in [-0.25, -0.2) is 10.4 Å². The first kappa shape index (κ1) is 14.4. The molecule has 3 atom stereocenters. The van der Waals surface area contributed by atoms with Crippen LogP contribution in [0.15, 0.2) is 6.07 Å². The van der Waals surface area contributed by atoms with Crippen LogP contribution in [0.25, 0.3) is 0 Å². The molecule has 0 amide bonds. The Morgan fingerprint density at radius 2 is 2.29 bits per heavy atom. The van der Waals surface area contributed by atoms with Crippen molar-refractivity contribution in [2.75, 3.05) is 27.5 Å².